The van der Waals surface area contributed by atoms with Crippen molar-refractivity contribution in [2.45, 2.75) is 20.5 Å². The van der Waals surface area contributed by atoms with E-state index in [9.17, 15) is 9.59 Å². The number of aryl methyl sites for hydroxylation is 3. The number of esters is 1. The van der Waals surface area contributed by atoms with Gasteiger partial charge in [-0.05, 0) is 31.6 Å². The number of rotatable bonds is 4. The fraction of sp³-hybridized carbons (Fsp3) is 0.222. The average Bonchev–Trinajstić information content (AvgIpc) is 2.84. The summed E-state index contributed by atoms with van der Waals surface area (Å²) in [5.41, 5.74) is 2.93. The molecule has 3 aromatic heterocycles. The Hall–Kier alpha value is -2.93. The van der Waals surface area contributed by atoms with E-state index in [4.69, 9.17) is 16.3 Å². The number of hydrogen-bond donors (Lipinski definition) is 0. The third kappa shape index (κ3) is 3.52. The molecule has 0 fully saturated rings. The molecule has 0 bridgehead atoms. The van der Waals surface area contributed by atoms with E-state index >= 15 is 0 Å². The van der Waals surface area contributed by atoms with Gasteiger partial charge in [0.25, 0.3) is 5.56 Å². The molecule has 0 radical (unpaired) electrons. The summed E-state index contributed by atoms with van der Waals surface area (Å²) in [7, 11) is 1.72. The molecule has 0 aliphatic carbocycles. The van der Waals surface area contributed by atoms with Crippen LogP contribution in [0.5, 0.6) is 0 Å². The fourth-order valence-electron chi connectivity index (χ4n) is 2.56. The smallest absolute Gasteiger partial charge is 0.331 e. The Kier molecular flexibility index (Phi) is 4.90. The number of hydrogen-bond acceptors (Lipinski definition) is 5. The van der Waals surface area contributed by atoms with Crippen molar-refractivity contribution in [3.63, 3.8) is 0 Å². The van der Waals surface area contributed by atoms with E-state index in [0.717, 1.165) is 5.56 Å². The van der Waals surface area contributed by atoms with E-state index in [2.05, 4.69) is 10.1 Å². The molecular formula is C18H17ClN4O3. The largest absolute Gasteiger partial charge is 0.456 e. The van der Waals surface area contributed by atoms with E-state index in [1.165, 1.54) is 21.2 Å². The van der Waals surface area contributed by atoms with E-state index in [1.807, 2.05) is 13.0 Å². The van der Waals surface area contributed by atoms with Gasteiger partial charge in [-0.15, -0.1) is 0 Å². The molecule has 7 nitrogen and oxygen atoms in total. The normalized spacial score (nSPS) is 11.4. The van der Waals surface area contributed by atoms with Gasteiger partial charge in [0.1, 0.15) is 17.4 Å². The summed E-state index contributed by atoms with van der Waals surface area (Å²) in [5, 5.41) is 4.60. The first-order valence-electron chi connectivity index (χ1n) is 7.88. The predicted molar refractivity (Wildman–Crippen MR) is 98.0 cm³/mol. The molecule has 3 aromatic rings. The number of nitrogens with zero attached hydrogens (tertiary/aromatic N) is 4. The Bertz CT molecular complexity index is 1080. The third-order valence-electron chi connectivity index (χ3n) is 3.88. The first-order valence-corrected chi connectivity index (χ1v) is 8.26. The monoisotopic (exact) mass is 372 g/mol. The second-order valence-electron chi connectivity index (χ2n) is 5.83. The molecule has 134 valence electrons. The van der Waals surface area contributed by atoms with Gasteiger partial charge in [-0.25, -0.2) is 9.78 Å². The van der Waals surface area contributed by atoms with Gasteiger partial charge in [0.2, 0.25) is 0 Å². The van der Waals surface area contributed by atoms with Crippen molar-refractivity contribution < 1.29 is 9.53 Å². The second-order valence-corrected chi connectivity index (χ2v) is 6.18. The molecule has 0 aliphatic rings. The zero-order valence-corrected chi connectivity index (χ0v) is 15.3. The van der Waals surface area contributed by atoms with Crippen LogP contribution in [0.25, 0.3) is 11.7 Å². The van der Waals surface area contributed by atoms with Crippen molar-refractivity contribution in [2.24, 2.45) is 7.05 Å². The lowest BCUT2D eigenvalue weighted by Crippen LogP contribution is -2.17. The number of ether oxygens (including phenoxy) is 1. The number of fused-ring (bicyclic) bond motifs is 1. The summed E-state index contributed by atoms with van der Waals surface area (Å²) in [5.74, 6) is -0.559. The lowest BCUT2D eigenvalue weighted by molar-refractivity contribution is -0.139. The molecule has 0 saturated carbocycles. The molecule has 0 aliphatic heterocycles. The number of aromatic nitrogens is 4. The molecular weight excluding hydrogens is 356 g/mol. The van der Waals surface area contributed by atoms with Crippen LogP contribution in [0.1, 0.15) is 22.5 Å². The highest BCUT2D eigenvalue weighted by molar-refractivity contribution is 6.31. The molecule has 0 amide bonds. The summed E-state index contributed by atoms with van der Waals surface area (Å²) < 4.78 is 8.15. The summed E-state index contributed by atoms with van der Waals surface area (Å²) in [6.45, 7) is 3.56. The molecule has 0 aromatic carbocycles. The quantitative estimate of drug-likeness (QED) is 0.519. The molecule has 0 unspecified atom stereocenters. The van der Waals surface area contributed by atoms with Gasteiger partial charge in [-0.1, -0.05) is 17.7 Å². The molecule has 0 N–H and O–H groups in total. The van der Waals surface area contributed by atoms with Crippen molar-refractivity contribution in [3.05, 3.63) is 68.5 Å². The summed E-state index contributed by atoms with van der Waals surface area (Å²) in [6, 6.07) is 4.99. The van der Waals surface area contributed by atoms with E-state index in [0.29, 0.717) is 27.8 Å². The van der Waals surface area contributed by atoms with Crippen molar-refractivity contribution in [1.29, 1.82) is 0 Å². The Morgan fingerprint density at radius 1 is 1.38 bits per heavy atom. The Balaban J connectivity index is 1.74. The van der Waals surface area contributed by atoms with Crippen LogP contribution < -0.4 is 5.56 Å². The standard InChI is InChI=1S/C18H17ClN4O3/c1-11-5-4-8-23-15(24)9-13(20-18(11)23)10-26-16(25)7-6-14-12(2)21-22(3)17(14)19/h4-9H,10H2,1-3H3/b7-6+. The minimum absolute atomic E-state index is 0.0942. The highest BCUT2D eigenvalue weighted by Crippen LogP contribution is 2.20. The van der Waals surface area contributed by atoms with Crippen molar-refractivity contribution in [1.82, 2.24) is 19.2 Å². The van der Waals surface area contributed by atoms with E-state index in [-0.39, 0.29) is 12.2 Å². The number of halogens is 1. The van der Waals surface area contributed by atoms with Gasteiger partial charge >= 0.3 is 5.97 Å². The van der Waals surface area contributed by atoms with Crippen LogP contribution in [0.2, 0.25) is 5.15 Å². The van der Waals surface area contributed by atoms with Crippen LogP contribution >= 0.6 is 11.6 Å². The lowest BCUT2D eigenvalue weighted by Gasteiger charge is -2.06. The molecule has 3 heterocycles. The molecule has 3 rings (SSSR count). The molecule has 26 heavy (non-hydrogen) atoms. The summed E-state index contributed by atoms with van der Waals surface area (Å²) in [4.78, 5) is 28.5. The fourth-order valence-corrected chi connectivity index (χ4v) is 2.80. The second kappa shape index (κ2) is 7.13. The Morgan fingerprint density at radius 3 is 2.85 bits per heavy atom. The maximum absolute atomic E-state index is 12.1. The minimum Gasteiger partial charge on any atom is -0.456 e. The number of carbonyl (C=O) groups is 1. The van der Waals surface area contributed by atoms with Crippen molar-refractivity contribution in [3.8, 4) is 0 Å². The van der Waals surface area contributed by atoms with Crippen LogP contribution in [-0.2, 0) is 23.2 Å². The van der Waals surface area contributed by atoms with Gasteiger partial charge in [-0.2, -0.15) is 5.10 Å². The van der Waals surface area contributed by atoms with Crippen LogP contribution in [0.3, 0.4) is 0 Å². The maximum Gasteiger partial charge on any atom is 0.331 e. The minimum atomic E-state index is -0.559. The molecule has 8 heteroatoms. The van der Waals surface area contributed by atoms with Gasteiger partial charge in [-0.3, -0.25) is 13.9 Å². The van der Waals surface area contributed by atoms with Gasteiger partial charge < -0.3 is 4.74 Å². The first-order chi connectivity index (χ1) is 12.4. The highest BCUT2D eigenvalue weighted by atomic mass is 35.5. The van der Waals surface area contributed by atoms with Gasteiger partial charge in [0.05, 0.1) is 11.4 Å². The topological polar surface area (TPSA) is 78.5 Å². The van der Waals surface area contributed by atoms with Crippen LogP contribution in [0.4, 0.5) is 0 Å². The SMILES string of the molecule is Cc1nn(C)c(Cl)c1/C=C/C(=O)OCc1cc(=O)n2cccc(C)c2n1. The van der Waals surface area contributed by atoms with E-state index in [1.54, 1.807) is 32.3 Å². The molecule has 0 atom stereocenters. The Labute approximate surface area is 154 Å². The molecule has 0 spiro atoms. The lowest BCUT2D eigenvalue weighted by atomic mass is 10.2. The van der Waals surface area contributed by atoms with Crippen molar-refractivity contribution >= 4 is 29.3 Å². The highest BCUT2D eigenvalue weighted by Gasteiger charge is 2.10. The van der Waals surface area contributed by atoms with Gasteiger partial charge in [0.15, 0.2) is 0 Å². The number of pyridine rings is 1. The van der Waals surface area contributed by atoms with Crippen LogP contribution in [0.15, 0.2) is 35.3 Å². The maximum atomic E-state index is 12.1. The predicted octanol–water partition coefficient (Wildman–Crippen LogP) is 2.45. The Morgan fingerprint density at radius 2 is 2.15 bits per heavy atom. The average molecular weight is 373 g/mol. The summed E-state index contributed by atoms with van der Waals surface area (Å²) in [6.07, 6.45) is 4.48. The zero-order valence-electron chi connectivity index (χ0n) is 14.6. The summed E-state index contributed by atoms with van der Waals surface area (Å²) >= 11 is 6.11. The zero-order chi connectivity index (χ0) is 18.8. The third-order valence-corrected chi connectivity index (χ3v) is 4.33. The van der Waals surface area contributed by atoms with Crippen LogP contribution in [0, 0.1) is 13.8 Å². The number of carbonyl (C=O) groups excluding carboxylic acids is 1. The first kappa shape index (κ1) is 17.9. The van der Waals surface area contributed by atoms with Crippen molar-refractivity contribution in [2.75, 3.05) is 0 Å². The molecule has 0 saturated heterocycles. The van der Waals surface area contributed by atoms with Gasteiger partial charge in [0, 0.05) is 31.0 Å². The van der Waals surface area contributed by atoms with Crippen LogP contribution in [-0.4, -0.2) is 25.1 Å². The van der Waals surface area contributed by atoms with E-state index < -0.39 is 5.97 Å².